The van der Waals surface area contributed by atoms with Crippen LogP contribution in [0.1, 0.15) is 32.8 Å². The van der Waals surface area contributed by atoms with Crippen LogP contribution in [-0.4, -0.2) is 17.6 Å². The number of hydrogen-bond acceptors (Lipinski definition) is 2. The van der Waals surface area contributed by atoms with Crippen LogP contribution in [0.25, 0.3) is 0 Å². The van der Waals surface area contributed by atoms with Crippen LogP contribution in [-0.2, 0) is 6.42 Å². The van der Waals surface area contributed by atoms with Crippen molar-refractivity contribution in [2.45, 2.75) is 39.7 Å². The van der Waals surface area contributed by atoms with Crippen molar-refractivity contribution in [3.63, 3.8) is 0 Å². The van der Waals surface area contributed by atoms with Gasteiger partial charge in [-0.3, -0.25) is 4.98 Å². The molecule has 90 valence electrons. The molecule has 1 atom stereocenters. The van der Waals surface area contributed by atoms with E-state index in [0.29, 0.717) is 12.0 Å². The number of nitrogens with zero attached hydrogens (tertiary/aromatic N) is 1. The fourth-order valence-corrected chi connectivity index (χ4v) is 1.96. The molecule has 1 unspecified atom stereocenters. The Morgan fingerprint density at radius 1 is 1.31 bits per heavy atom. The Balaban J connectivity index is 2.28. The van der Waals surface area contributed by atoms with Crippen molar-refractivity contribution in [3.05, 3.63) is 28.5 Å². The van der Waals surface area contributed by atoms with Crippen molar-refractivity contribution in [2.75, 3.05) is 6.54 Å². The first-order valence-electron chi connectivity index (χ1n) is 5.90. The van der Waals surface area contributed by atoms with Crippen molar-refractivity contribution in [1.82, 2.24) is 10.3 Å². The molecule has 0 aliphatic rings. The molecule has 1 rings (SSSR count). The Kier molecular flexibility index (Phi) is 5.99. The zero-order valence-electron chi connectivity index (χ0n) is 10.3. The van der Waals surface area contributed by atoms with Crippen LogP contribution in [0.2, 0.25) is 0 Å². The second kappa shape index (κ2) is 7.02. The lowest BCUT2D eigenvalue weighted by molar-refractivity contribution is 0.453. The Hall–Kier alpha value is -0.410. The highest BCUT2D eigenvalue weighted by Crippen LogP contribution is 2.13. The van der Waals surface area contributed by atoms with Crippen molar-refractivity contribution in [1.29, 1.82) is 0 Å². The van der Waals surface area contributed by atoms with Crippen LogP contribution in [0.3, 0.4) is 0 Å². The molecular weight excluding hydrogens is 264 g/mol. The van der Waals surface area contributed by atoms with Crippen LogP contribution in [0.4, 0.5) is 0 Å². The number of halogens is 1. The van der Waals surface area contributed by atoms with E-state index in [0.717, 1.165) is 17.4 Å². The van der Waals surface area contributed by atoms with E-state index in [1.54, 1.807) is 0 Å². The molecule has 0 spiro atoms. The van der Waals surface area contributed by atoms with E-state index in [-0.39, 0.29) is 0 Å². The Bertz CT molecular complexity index is 313. The number of pyridine rings is 1. The van der Waals surface area contributed by atoms with Crippen molar-refractivity contribution in [3.8, 4) is 0 Å². The molecule has 1 aromatic heterocycles. The minimum Gasteiger partial charge on any atom is -0.314 e. The van der Waals surface area contributed by atoms with Gasteiger partial charge in [-0.15, -0.1) is 0 Å². The lowest BCUT2D eigenvalue weighted by Gasteiger charge is -2.14. The van der Waals surface area contributed by atoms with Gasteiger partial charge in [0.25, 0.3) is 0 Å². The summed E-state index contributed by atoms with van der Waals surface area (Å²) in [4.78, 5) is 4.17. The molecule has 1 N–H and O–H groups in total. The second-order valence-corrected chi connectivity index (χ2v) is 5.63. The molecule has 0 aliphatic heterocycles. The highest BCUT2D eigenvalue weighted by molar-refractivity contribution is 9.10. The summed E-state index contributed by atoms with van der Waals surface area (Å²) in [6.45, 7) is 7.76. The summed E-state index contributed by atoms with van der Waals surface area (Å²) in [7, 11) is 0. The Morgan fingerprint density at radius 3 is 2.69 bits per heavy atom. The Morgan fingerprint density at radius 2 is 2.06 bits per heavy atom. The summed E-state index contributed by atoms with van der Waals surface area (Å²) >= 11 is 3.44. The van der Waals surface area contributed by atoms with Crippen LogP contribution < -0.4 is 5.32 Å². The van der Waals surface area contributed by atoms with E-state index in [4.69, 9.17) is 0 Å². The molecule has 0 saturated carbocycles. The molecule has 0 bridgehead atoms. The summed E-state index contributed by atoms with van der Waals surface area (Å²) in [5.74, 6) is 0.710. The van der Waals surface area contributed by atoms with Gasteiger partial charge in [0.2, 0.25) is 0 Å². The molecule has 16 heavy (non-hydrogen) atoms. The molecule has 3 heteroatoms. The summed E-state index contributed by atoms with van der Waals surface area (Å²) < 4.78 is 1.07. The fourth-order valence-electron chi connectivity index (χ4n) is 1.54. The summed E-state index contributed by atoms with van der Waals surface area (Å²) in [5.41, 5.74) is 1.31. The topological polar surface area (TPSA) is 24.9 Å². The molecule has 1 heterocycles. The van der Waals surface area contributed by atoms with Gasteiger partial charge in [-0.1, -0.05) is 20.8 Å². The monoisotopic (exact) mass is 284 g/mol. The number of hydrogen-bond donors (Lipinski definition) is 1. The maximum Gasteiger partial charge on any atom is 0.0410 e. The molecule has 0 aliphatic carbocycles. The van der Waals surface area contributed by atoms with E-state index >= 15 is 0 Å². The van der Waals surface area contributed by atoms with Crippen molar-refractivity contribution >= 4 is 15.9 Å². The van der Waals surface area contributed by atoms with Gasteiger partial charge in [-0.2, -0.15) is 0 Å². The normalized spacial score (nSPS) is 13.1. The van der Waals surface area contributed by atoms with Crippen LogP contribution in [0.15, 0.2) is 22.9 Å². The molecule has 0 saturated heterocycles. The zero-order chi connectivity index (χ0) is 12.0. The highest BCUT2D eigenvalue weighted by atomic mass is 79.9. The summed E-state index contributed by atoms with van der Waals surface area (Å²) in [6, 6.07) is 2.73. The molecule has 0 amide bonds. The SMILES string of the molecule is CC(CCc1cncc(Br)c1)CNC(C)C. The third kappa shape index (κ3) is 5.61. The lowest BCUT2D eigenvalue weighted by atomic mass is 10.0. The van der Waals surface area contributed by atoms with Gasteiger partial charge >= 0.3 is 0 Å². The maximum atomic E-state index is 4.17. The van der Waals surface area contributed by atoms with Crippen LogP contribution in [0, 0.1) is 5.92 Å². The van der Waals surface area contributed by atoms with Gasteiger partial charge in [0.15, 0.2) is 0 Å². The average Bonchev–Trinajstić information content (AvgIpc) is 2.23. The van der Waals surface area contributed by atoms with E-state index in [2.05, 4.69) is 53.1 Å². The third-order valence-corrected chi connectivity index (χ3v) is 3.00. The van der Waals surface area contributed by atoms with Gasteiger partial charge in [0.05, 0.1) is 0 Å². The molecule has 0 aromatic carbocycles. The van der Waals surface area contributed by atoms with Crippen LogP contribution >= 0.6 is 15.9 Å². The largest absolute Gasteiger partial charge is 0.314 e. The van der Waals surface area contributed by atoms with E-state index in [1.165, 1.54) is 12.0 Å². The Labute approximate surface area is 107 Å². The highest BCUT2D eigenvalue weighted by Gasteiger charge is 2.04. The van der Waals surface area contributed by atoms with Gasteiger partial charge in [0, 0.05) is 22.9 Å². The minimum atomic E-state index is 0.579. The number of nitrogens with one attached hydrogen (secondary N) is 1. The van der Waals surface area contributed by atoms with Crippen LogP contribution in [0.5, 0.6) is 0 Å². The summed E-state index contributed by atoms with van der Waals surface area (Å²) in [6.07, 6.45) is 6.09. The minimum absolute atomic E-state index is 0.579. The molecular formula is C13H21BrN2. The summed E-state index contributed by atoms with van der Waals surface area (Å²) in [5, 5.41) is 3.47. The molecule has 1 aromatic rings. The second-order valence-electron chi connectivity index (χ2n) is 4.72. The fraction of sp³-hybridized carbons (Fsp3) is 0.615. The molecule has 0 radical (unpaired) electrons. The van der Waals surface area contributed by atoms with E-state index in [1.807, 2.05) is 12.4 Å². The van der Waals surface area contributed by atoms with Gasteiger partial charge in [0.1, 0.15) is 0 Å². The average molecular weight is 285 g/mol. The van der Waals surface area contributed by atoms with Gasteiger partial charge in [-0.05, 0) is 52.9 Å². The third-order valence-electron chi connectivity index (χ3n) is 2.56. The van der Waals surface area contributed by atoms with E-state index in [9.17, 15) is 0 Å². The first kappa shape index (κ1) is 13.7. The maximum absolute atomic E-state index is 4.17. The van der Waals surface area contributed by atoms with Crippen molar-refractivity contribution < 1.29 is 0 Å². The van der Waals surface area contributed by atoms with E-state index < -0.39 is 0 Å². The first-order valence-corrected chi connectivity index (χ1v) is 6.70. The lowest BCUT2D eigenvalue weighted by Crippen LogP contribution is -2.28. The standard InChI is InChI=1S/C13H21BrN2/c1-10(2)16-7-11(3)4-5-12-6-13(14)9-15-8-12/h6,8-11,16H,4-5,7H2,1-3H3. The number of aromatic nitrogens is 1. The molecule has 2 nitrogen and oxygen atoms in total. The van der Waals surface area contributed by atoms with Gasteiger partial charge < -0.3 is 5.32 Å². The van der Waals surface area contributed by atoms with Gasteiger partial charge in [-0.25, -0.2) is 0 Å². The molecule has 0 fully saturated rings. The zero-order valence-corrected chi connectivity index (χ0v) is 11.9. The predicted molar refractivity (Wildman–Crippen MR) is 72.6 cm³/mol. The number of rotatable bonds is 6. The van der Waals surface area contributed by atoms with Crippen molar-refractivity contribution in [2.24, 2.45) is 5.92 Å². The smallest absolute Gasteiger partial charge is 0.0410 e. The predicted octanol–water partition coefficient (Wildman–Crippen LogP) is 3.41. The first-order chi connectivity index (χ1) is 7.58. The quantitative estimate of drug-likeness (QED) is 0.866. The number of aryl methyl sites for hydroxylation is 1.